The van der Waals surface area contributed by atoms with E-state index < -0.39 is 5.97 Å². The van der Waals surface area contributed by atoms with Gasteiger partial charge in [-0.15, -0.1) is 0 Å². The third-order valence-electron chi connectivity index (χ3n) is 3.45. The fraction of sp³-hybridized carbons (Fsp3) is 0.375. The minimum atomic E-state index is -0.988. The van der Waals surface area contributed by atoms with Crippen LogP contribution >= 0.6 is 0 Å². The van der Waals surface area contributed by atoms with Crippen molar-refractivity contribution in [2.24, 2.45) is 0 Å². The lowest BCUT2D eigenvalue weighted by Gasteiger charge is -2.31. The zero-order valence-corrected chi connectivity index (χ0v) is 12.3. The molecule has 0 saturated carbocycles. The number of pyridine rings is 1. The minimum absolute atomic E-state index is 0.0780. The second-order valence-electron chi connectivity index (χ2n) is 5.21. The van der Waals surface area contributed by atoms with Crippen LogP contribution in [-0.2, 0) is 0 Å². The predicted octanol–water partition coefficient (Wildman–Crippen LogP) is 2.53. The fourth-order valence-electron chi connectivity index (χ4n) is 2.46. The Morgan fingerprint density at radius 1 is 1.33 bits per heavy atom. The molecule has 112 valence electrons. The Hall–Kier alpha value is -2.14. The average molecular weight is 288 g/mol. The molecule has 0 saturated heterocycles. The molecule has 1 aromatic carbocycles. The Morgan fingerprint density at radius 3 is 2.67 bits per heavy atom. The van der Waals surface area contributed by atoms with E-state index in [1.165, 1.54) is 6.20 Å². The van der Waals surface area contributed by atoms with E-state index >= 15 is 0 Å². The highest BCUT2D eigenvalue weighted by molar-refractivity contribution is 6.04. The van der Waals surface area contributed by atoms with Crippen molar-refractivity contribution >= 4 is 22.6 Å². The summed E-state index contributed by atoms with van der Waals surface area (Å²) in [4.78, 5) is 17.8. The molecule has 0 fully saturated rings. The molecule has 1 heterocycles. The Kier molecular flexibility index (Phi) is 4.75. The molecular weight excluding hydrogens is 268 g/mol. The number of aromatic nitrogens is 1. The normalized spacial score (nSPS) is 11.0. The van der Waals surface area contributed by atoms with Gasteiger partial charge in [0.05, 0.1) is 11.2 Å². The van der Waals surface area contributed by atoms with Gasteiger partial charge in [0, 0.05) is 30.8 Å². The van der Waals surface area contributed by atoms with Crippen molar-refractivity contribution in [2.75, 3.05) is 18.1 Å². The molecule has 0 spiro atoms. The van der Waals surface area contributed by atoms with Gasteiger partial charge in [-0.2, -0.15) is 0 Å². The van der Waals surface area contributed by atoms with Crippen LogP contribution in [0.25, 0.3) is 10.9 Å². The first-order chi connectivity index (χ1) is 10.1. The maximum atomic E-state index is 11.6. The number of carboxylic acid groups (broad SMARTS) is 1. The van der Waals surface area contributed by atoms with Crippen molar-refractivity contribution in [2.45, 2.75) is 26.3 Å². The van der Waals surface area contributed by atoms with Gasteiger partial charge < -0.3 is 15.1 Å². The largest absolute Gasteiger partial charge is 0.478 e. The molecule has 0 aliphatic carbocycles. The van der Waals surface area contributed by atoms with Gasteiger partial charge in [-0.1, -0.05) is 18.2 Å². The molecular formula is C16H20N2O3. The number of nitrogens with zero attached hydrogens (tertiary/aromatic N) is 2. The van der Waals surface area contributed by atoms with Gasteiger partial charge in [-0.25, -0.2) is 4.79 Å². The molecule has 5 heteroatoms. The molecule has 5 nitrogen and oxygen atoms in total. The number of para-hydroxylation sites is 1. The summed E-state index contributed by atoms with van der Waals surface area (Å²) in [5.74, 6) is -0.988. The van der Waals surface area contributed by atoms with Crippen LogP contribution in [0.3, 0.4) is 0 Å². The number of aromatic carboxylic acids is 1. The molecule has 0 amide bonds. The van der Waals surface area contributed by atoms with Crippen molar-refractivity contribution in [1.29, 1.82) is 0 Å². The predicted molar refractivity (Wildman–Crippen MR) is 82.9 cm³/mol. The molecule has 0 aliphatic rings. The number of hydrogen-bond acceptors (Lipinski definition) is 4. The van der Waals surface area contributed by atoms with E-state index in [-0.39, 0.29) is 18.2 Å². The van der Waals surface area contributed by atoms with Crippen molar-refractivity contribution in [1.82, 2.24) is 4.98 Å². The van der Waals surface area contributed by atoms with Gasteiger partial charge in [0.15, 0.2) is 0 Å². The lowest BCUT2D eigenvalue weighted by atomic mass is 10.1. The van der Waals surface area contributed by atoms with Crippen molar-refractivity contribution in [3.8, 4) is 0 Å². The average Bonchev–Trinajstić information content (AvgIpc) is 2.47. The summed E-state index contributed by atoms with van der Waals surface area (Å²) in [6.45, 7) is 4.70. The molecule has 0 bridgehead atoms. The molecule has 0 aliphatic heterocycles. The number of rotatable bonds is 6. The van der Waals surface area contributed by atoms with Gasteiger partial charge in [-0.05, 0) is 26.3 Å². The quantitative estimate of drug-likeness (QED) is 0.854. The summed E-state index contributed by atoms with van der Waals surface area (Å²) in [7, 11) is 0. The summed E-state index contributed by atoms with van der Waals surface area (Å²) >= 11 is 0. The smallest absolute Gasteiger partial charge is 0.339 e. The highest BCUT2D eigenvalue weighted by Crippen LogP contribution is 2.31. The topological polar surface area (TPSA) is 73.7 Å². The van der Waals surface area contributed by atoms with Gasteiger partial charge in [-0.3, -0.25) is 4.98 Å². The summed E-state index contributed by atoms with van der Waals surface area (Å²) in [6.07, 6.45) is 2.00. The Labute approximate surface area is 123 Å². The van der Waals surface area contributed by atoms with Crippen LogP contribution < -0.4 is 4.90 Å². The Morgan fingerprint density at radius 2 is 2.05 bits per heavy atom. The van der Waals surface area contributed by atoms with Crippen molar-refractivity contribution < 1.29 is 15.0 Å². The van der Waals surface area contributed by atoms with Crippen molar-refractivity contribution in [3.05, 3.63) is 36.0 Å². The third-order valence-corrected chi connectivity index (χ3v) is 3.45. The van der Waals surface area contributed by atoms with Gasteiger partial charge in [0.2, 0.25) is 0 Å². The molecule has 0 atom stereocenters. The van der Waals surface area contributed by atoms with E-state index in [4.69, 9.17) is 5.11 Å². The van der Waals surface area contributed by atoms with Crippen LogP contribution in [0.4, 0.5) is 5.69 Å². The van der Waals surface area contributed by atoms with Crippen LogP contribution in [0.1, 0.15) is 30.6 Å². The van der Waals surface area contributed by atoms with Crippen LogP contribution in [0.15, 0.2) is 30.5 Å². The van der Waals surface area contributed by atoms with Crippen LogP contribution in [0.5, 0.6) is 0 Å². The highest BCUT2D eigenvalue weighted by atomic mass is 16.4. The number of fused-ring (bicyclic) bond motifs is 1. The molecule has 21 heavy (non-hydrogen) atoms. The van der Waals surface area contributed by atoms with Gasteiger partial charge in [0.1, 0.15) is 5.56 Å². The van der Waals surface area contributed by atoms with E-state index in [0.29, 0.717) is 18.7 Å². The molecule has 0 unspecified atom stereocenters. The number of hydrogen-bond donors (Lipinski definition) is 2. The number of anilines is 1. The minimum Gasteiger partial charge on any atom is -0.478 e. The summed E-state index contributed by atoms with van der Waals surface area (Å²) < 4.78 is 0. The standard InChI is InChI=1S/C16H20N2O3/c1-11(2)18(8-5-9-19)15-12-6-3-4-7-14(12)17-10-13(15)16(20)21/h3-4,6-7,10-11,19H,5,8-9H2,1-2H3,(H,20,21). The van der Waals surface area contributed by atoms with E-state index in [1.54, 1.807) is 0 Å². The van der Waals surface area contributed by atoms with Gasteiger partial charge >= 0.3 is 5.97 Å². The number of aliphatic hydroxyl groups excluding tert-OH is 1. The van der Waals surface area contributed by atoms with Gasteiger partial charge in [0.25, 0.3) is 0 Å². The third kappa shape index (κ3) is 3.13. The van der Waals surface area contributed by atoms with E-state index in [9.17, 15) is 9.90 Å². The maximum Gasteiger partial charge on any atom is 0.339 e. The molecule has 0 radical (unpaired) electrons. The number of carbonyl (C=O) groups is 1. The lowest BCUT2D eigenvalue weighted by Crippen LogP contribution is -2.33. The first kappa shape index (κ1) is 15.3. The van der Waals surface area contributed by atoms with E-state index in [2.05, 4.69) is 4.98 Å². The molecule has 2 rings (SSSR count). The van der Waals surface area contributed by atoms with Crippen LogP contribution in [-0.4, -0.2) is 40.4 Å². The zero-order chi connectivity index (χ0) is 15.4. The van der Waals surface area contributed by atoms with Crippen LogP contribution in [0, 0.1) is 0 Å². The number of carboxylic acids is 1. The number of benzene rings is 1. The van der Waals surface area contributed by atoms with Crippen LogP contribution in [0.2, 0.25) is 0 Å². The second-order valence-corrected chi connectivity index (χ2v) is 5.21. The first-order valence-corrected chi connectivity index (χ1v) is 7.04. The molecule has 2 aromatic rings. The van der Waals surface area contributed by atoms with E-state index in [0.717, 1.165) is 10.9 Å². The molecule has 1 aromatic heterocycles. The Balaban J connectivity index is 2.66. The number of aliphatic hydroxyl groups is 1. The van der Waals surface area contributed by atoms with Crippen molar-refractivity contribution in [3.63, 3.8) is 0 Å². The summed E-state index contributed by atoms with van der Waals surface area (Å²) in [5, 5.41) is 19.4. The second kappa shape index (κ2) is 6.54. The lowest BCUT2D eigenvalue weighted by molar-refractivity contribution is 0.0697. The molecule has 2 N–H and O–H groups in total. The SMILES string of the molecule is CC(C)N(CCCO)c1c(C(=O)O)cnc2ccccc12. The maximum absolute atomic E-state index is 11.6. The first-order valence-electron chi connectivity index (χ1n) is 7.04. The fourth-order valence-corrected chi connectivity index (χ4v) is 2.46. The van der Waals surface area contributed by atoms with E-state index in [1.807, 2.05) is 43.0 Å². The highest BCUT2D eigenvalue weighted by Gasteiger charge is 2.21. The zero-order valence-electron chi connectivity index (χ0n) is 12.3. The Bertz CT molecular complexity index is 640. The summed E-state index contributed by atoms with van der Waals surface area (Å²) in [6, 6.07) is 7.64. The summed E-state index contributed by atoms with van der Waals surface area (Å²) in [5.41, 5.74) is 1.64. The monoisotopic (exact) mass is 288 g/mol.